The van der Waals surface area contributed by atoms with Crippen molar-refractivity contribution >= 4 is 12.0 Å². The number of nitrogens with zero attached hydrogens (tertiary/aromatic N) is 1. The van der Waals surface area contributed by atoms with Gasteiger partial charge in [-0.05, 0) is 24.3 Å². The van der Waals surface area contributed by atoms with E-state index in [1.807, 2.05) is 0 Å². The SMILES string of the molecule is N#CC=Cc1cc(C(=O)O)ccc1F. The van der Waals surface area contributed by atoms with E-state index in [0.717, 1.165) is 12.1 Å². The molecule has 1 aromatic rings. The standard InChI is InChI=1S/C10H6FNO2/c11-9-4-3-8(10(13)14)6-7(9)2-1-5-12/h1-4,6H,(H,13,14). The van der Waals surface area contributed by atoms with Crippen LogP contribution in [0, 0.1) is 17.1 Å². The van der Waals surface area contributed by atoms with E-state index in [4.69, 9.17) is 10.4 Å². The number of benzene rings is 1. The van der Waals surface area contributed by atoms with E-state index in [0.29, 0.717) is 0 Å². The minimum atomic E-state index is -1.13. The van der Waals surface area contributed by atoms with Crippen molar-refractivity contribution in [3.05, 3.63) is 41.2 Å². The summed E-state index contributed by atoms with van der Waals surface area (Å²) in [5.74, 6) is -1.68. The van der Waals surface area contributed by atoms with Crippen molar-refractivity contribution < 1.29 is 14.3 Å². The maximum Gasteiger partial charge on any atom is 0.335 e. The van der Waals surface area contributed by atoms with E-state index in [2.05, 4.69) is 0 Å². The fourth-order valence-corrected chi connectivity index (χ4v) is 0.932. The molecule has 0 radical (unpaired) electrons. The highest BCUT2D eigenvalue weighted by molar-refractivity contribution is 5.88. The molecule has 0 spiro atoms. The highest BCUT2D eigenvalue weighted by Crippen LogP contribution is 2.12. The Morgan fingerprint density at radius 3 is 2.86 bits per heavy atom. The molecule has 0 aliphatic heterocycles. The lowest BCUT2D eigenvalue weighted by atomic mass is 10.1. The van der Waals surface area contributed by atoms with Crippen LogP contribution in [0.25, 0.3) is 6.08 Å². The maximum absolute atomic E-state index is 13.0. The summed E-state index contributed by atoms with van der Waals surface area (Å²) in [5.41, 5.74) is 0.0791. The molecule has 0 amide bonds. The molecule has 4 heteroatoms. The van der Waals surface area contributed by atoms with Gasteiger partial charge < -0.3 is 5.11 Å². The second-order valence-electron chi connectivity index (χ2n) is 2.50. The quantitative estimate of drug-likeness (QED) is 0.728. The van der Waals surface area contributed by atoms with Gasteiger partial charge in [-0.1, -0.05) is 0 Å². The molecular formula is C10H6FNO2. The monoisotopic (exact) mass is 191 g/mol. The largest absolute Gasteiger partial charge is 0.478 e. The molecule has 70 valence electrons. The zero-order valence-corrected chi connectivity index (χ0v) is 7.07. The van der Waals surface area contributed by atoms with Crippen LogP contribution in [-0.4, -0.2) is 11.1 Å². The number of allylic oxidation sites excluding steroid dienone is 1. The number of hydrogen-bond acceptors (Lipinski definition) is 2. The molecular weight excluding hydrogens is 185 g/mol. The summed E-state index contributed by atoms with van der Waals surface area (Å²) in [4.78, 5) is 10.5. The fraction of sp³-hybridized carbons (Fsp3) is 0. The number of carboxylic acids is 1. The van der Waals surface area contributed by atoms with E-state index < -0.39 is 11.8 Å². The molecule has 3 nitrogen and oxygen atoms in total. The molecule has 0 aliphatic rings. The third-order valence-electron chi connectivity index (χ3n) is 1.58. The van der Waals surface area contributed by atoms with Crippen LogP contribution in [-0.2, 0) is 0 Å². The van der Waals surface area contributed by atoms with Crippen LogP contribution in [0.5, 0.6) is 0 Å². The third-order valence-corrected chi connectivity index (χ3v) is 1.58. The number of nitriles is 1. The van der Waals surface area contributed by atoms with Gasteiger partial charge in [0.2, 0.25) is 0 Å². The Labute approximate surface area is 79.7 Å². The summed E-state index contributed by atoms with van der Waals surface area (Å²) < 4.78 is 13.0. The summed E-state index contributed by atoms with van der Waals surface area (Å²) in [5, 5.41) is 16.8. The van der Waals surface area contributed by atoms with Crippen LogP contribution in [0.4, 0.5) is 4.39 Å². The average Bonchev–Trinajstić information content (AvgIpc) is 2.16. The van der Waals surface area contributed by atoms with Gasteiger partial charge in [0.1, 0.15) is 5.82 Å². The molecule has 0 unspecified atom stereocenters. The van der Waals surface area contributed by atoms with Gasteiger partial charge in [0.15, 0.2) is 0 Å². The molecule has 14 heavy (non-hydrogen) atoms. The van der Waals surface area contributed by atoms with Gasteiger partial charge in [-0.3, -0.25) is 0 Å². The predicted molar refractivity (Wildman–Crippen MR) is 48.0 cm³/mol. The Hall–Kier alpha value is -2.15. The Kier molecular flexibility index (Phi) is 2.97. The van der Waals surface area contributed by atoms with Crippen molar-refractivity contribution in [3.8, 4) is 6.07 Å². The van der Waals surface area contributed by atoms with Gasteiger partial charge >= 0.3 is 5.97 Å². The number of carboxylic acid groups (broad SMARTS) is 1. The van der Waals surface area contributed by atoms with Crippen molar-refractivity contribution in [3.63, 3.8) is 0 Å². The molecule has 1 aromatic carbocycles. The van der Waals surface area contributed by atoms with Crippen molar-refractivity contribution in [1.82, 2.24) is 0 Å². The van der Waals surface area contributed by atoms with Gasteiger partial charge in [0.25, 0.3) is 0 Å². The smallest absolute Gasteiger partial charge is 0.335 e. The van der Waals surface area contributed by atoms with Crippen molar-refractivity contribution in [2.24, 2.45) is 0 Å². The first-order valence-electron chi connectivity index (χ1n) is 3.74. The number of halogens is 1. The predicted octanol–water partition coefficient (Wildman–Crippen LogP) is 2.06. The summed E-state index contributed by atoms with van der Waals surface area (Å²) in [6, 6.07) is 5.09. The topological polar surface area (TPSA) is 61.1 Å². The van der Waals surface area contributed by atoms with Gasteiger partial charge in [-0.25, -0.2) is 9.18 Å². The molecule has 0 saturated carbocycles. The summed E-state index contributed by atoms with van der Waals surface area (Å²) in [7, 11) is 0. The number of carbonyl (C=O) groups is 1. The maximum atomic E-state index is 13.0. The first-order valence-corrected chi connectivity index (χ1v) is 3.74. The zero-order valence-electron chi connectivity index (χ0n) is 7.07. The lowest BCUT2D eigenvalue weighted by molar-refractivity contribution is 0.0697. The molecule has 1 N–H and O–H groups in total. The molecule has 0 heterocycles. The van der Waals surface area contributed by atoms with Crippen LogP contribution in [0.3, 0.4) is 0 Å². The van der Waals surface area contributed by atoms with E-state index in [1.165, 1.54) is 18.2 Å². The van der Waals surface area contributed by atoms with Crippen LogP contribution >= 0.6 is 0 Å². The normalized spacial score (nSPS) is 10.0. The van der Waals surface area contributed by atoms with Gasteiger partial charge in [-0.15, -0.1) is 0 Å². The van der Waals surface area contributed by atoms with E-state index in [1.54, 1.807) is 6.07 Å². The molecule has 0 saturated heterocycles. The van der Waals surface area contributed by atoms with Crippen molar-refractivity contribution in [2.45, 2.75) is 0 Å². The first kappa shape index (κ1) is 9.93. The lowest BCUT2D eigenvalue weighted by Gasteiger charge is -1.98. The van der Waals surface area contributed by atoms with Crippen LogP contribution < -0.4 is 0 Å². The van der Waals surface area contributed by atoms with Gasteiger partial charge in [-0.2, -0.15) is 5.26 Å². The molecule has 0 atom stereocenters. The molecule has 0 aliphatic carbocycles. The molecule has 0 bridgehead atoms. The van der Waals surface area contributed by atoms with E-state index >= 15 is 0 Å². The number of aromatic carboxylic acids is 1. The summed E-state index contributed by atoms with van der Waals surface area (Å²) >= 11 is 0. The van der Waals surface area contributed by atoms with Crippen molar-refractivity contribution in [2.75, 3.05) is 0 Å². The van der Waals surface area contributed by atoms with Crippen LogP contribution in [0.2, 0.25) is 0 Å². The molecule has 1 rings (SSSR count). The Morgan fingerprint density at radius 1 is 1.57 bits per heavy atom. The average molecular weight is 191 g/mol. The molecule has 0 fully saturated rings. The Balaban J connectivity index is 3.16. The van der Waals surface area contributed by atoms with Crippen molar-refractivity contribution in [1.29, 1.82) is 5.26 Å². The second-order valence-corrected chi connectivity index (χ2v) is 2.50. The first-order chi connectivity index (χ1) is 6.65. The Morgan fingerprint density at radius 2 is 2.29 bits per heavy atom. The second kappa shape index (κ2) is 4.19. The fourth-order valence-electron chi connectivity index (χ4n) is 0.932. The van der Waals surface area contributed by atoms with Crippen LogP contribution in [0.1, 0.15) is 15.9 Å². The lowest BCUT2D eigenvalue weighted by Crippen LogP contribution is -1.97. The van der Waals surface area contributed by atoms with Gasteiger partial charge in [0.05, 0.1) is 11.6 Å². The van der Waals surface area contributed by atoms with E-state index in [-0.39, 0.29) is 11.1 Å². The van der Waals surface area contributed by atoms with E-state index in [9.17, 15) is 9.18 Å². The number of hydrogen-bond donors (Lipinski definition) is 1. The minimum absolute atomic E-state index is 0.0102. The number of rotatable bonds is 2. The molecule has 0 aromatic heterocycles. The van der Waals surface area contributed by atoms with Gasteiger partial charge in [0, 0.05) is 11.6 Å². The highest BCUT2D eigenvalue weighted by atomic mass is 19.1. The highest BCUT2D eigenvalue weighted by Gasteiger charge is 2.05. The third kappa shape index (κ3) is 2.17. The summed E-state index contributed by atoms with van der Waals surface area (Å²) in [6.07, 6.45) is 2.31. The zero-order chi connectivity index (χ0) is 10.6. The van der Waals surface area contributed by atoms with Crippen LogP contribution in [0.15, 0.2) is 24.3 Å². The Bertz CT molecular complexity index is 432. The summed E-state index contributed by atoms with van der Waals surface area (Å²) in [6.45, 7) is 0. The minimum Gasteiger partial charge on any atom is -0.478 e.